The van der Waals surface area contributed by atoms with Crippen LogP contribution in [0, 0.1) is 0 Å². The summed E-state index contributed by atoms with van der Waals surface area (Å²) < 4.78 is 0. The van der Waals surface area contributed by atoms with Gasteiger partial charge in [0.15, 0.2) is 0 Å². The van der Waals surface area contributed by atoms with E-state index in [0.29, 0.717) is 18.6 Å². The summed E-state index contributed by atoms with van der Waals surface area (Å²) in [6.45, 7) is 2.94. The van der Waals surface area contributed by atoms with E-state index in [4.69, 9.17) is 0 Å². The highest BCUT2D eigenvalue weighted by atomic mass is 16.2. The Labute approximate surface area is 128 Å². The van der Waals surface area contributed by atoms with Crippen molar-refractivity contribution in [3.8, 4) is 0 Å². The maximum absolute atomic E-state index is 11.8. The predicted octanol–water partition coefficient (Wildman–Crippen LogP) is 1.07. The zero-order valence-electron chi connectivity index (χ0n) is 13.6. The first kappa shape index (κ1) is 17.9. The van der Waals surface area contributed by atoms with E-state index in [1.807, 2.05) is 14.1 Å². The summed E-state index contributed by atoms with van der Waals surface area (Å²) in [5.74, 6) is -0.234. The number of carbonyl (C=O) groups is 2. The topological polar surface area (TPSA) is 73.5 Å². The summed E-state index contributed by atoms with van der Waals surface area (Å²) in [6.07, 6.45) is 6.42. The van der Waals surface area contributed by atoms with Crippen molar-refractivity contribution in [2.75, 3.05) is 27.2 Å². The van der Waals surface area contributed by atoms with E-state index in [0.717, 1.165) is 38.5 Å². The lowest BCUT2D eigenvalue weighted by atomic mass is 9.90. The molecule has 6 heteroatoms. The molecule has 0 aliphatic heterocycles. The molecule has 0 saturated heterocycles. The number of unbranched alkanes of at least 4 members (excludes halogenated alkanes) is 1. The normalized spacial score (nSPS) is 22.1. The molecule has 0 bridgehead atoms. The highest BCUT2D eigenvalue weighted by Crippen LogP contribution is 2.21. The first-order chi connectivity index (χ1) is 10.1. The fourth-order valence-corrected chi connectivity index (χ4v) is 2.75. The van der Waals surface area contributed by atoms with Gasteiger partial charge in [-0.2, -0.15) is 0 Å². The Morgan fingerprint density at radius 1 is 1.19 bits per heavy atom. The second kappa shape index (κ2) is 9.73. The molecule has 6 nitrogen and oxygen atoms in total. The van der Waals surface area contributed by atoms with Crippen LogP contribution >= 0.6 is 0 Å². The fraction of sp³-hybridized carbons (Fsp3) is 0.867. The molecule has 1 saturated carbocycles. The van der Waals surface area contributed by atoms with Crippen LogP contribution in [0.15, 0.2) is 0 Å². The molecule has 0 aromatic rings. The SMILES string of the molecule is CCCCNC(=O)NC(=O)CN(C)C1CCC(NC)CC1. The Hall–Kier alpha value is -1.14. The average Bonchev–Trinajstić information content (AvgIpc) is 2.47. The van der Waals surface area contributed by atoms with E-state index >= 15 is 0 Å². The standard InChI is InChI=1S/C15H30N4O2/c1-4-5-10-17-15(21)18-14(20)11-19(3)13-8-6-12(16-2)7-9-13/h12-13,16H,4-11H2,1-3H3,(H2,17,18,20,21). The molecule has 1 rings (SSSR count). The van der Waals surface area contributed by atoms with Crippen LogP contribution in [0.1, 0.15) is 45.4 Å². The van der Waals surface area contributed by atoms with Crippen LogP contribution in [-0.4, -0.2) is 56.1 Å². The van der Waals surface area contributed by atoms with Gasteiger partial charge in [0.05, 0.1) is 6.54 Å². The van der Waals surface area contributed by atoms with Gasteiger partial charge in [0, 0.05) is 18.6 Å². The number of hydrogen-bond donors (Lipinski definition) is 3. The van der Waals surface area contributed by atoms with Crippen molar-refractivity contribution in [2.45, 2.75) is 57.5 Å². The molecule has 0 heterocycles. The molecule has 0 radical (unpaired) electrons. The number of nitrogens with one attached hydrogen (secondary N) is 3. The second-order valence-electron chi connectivity index (χ2n) is 5.87. The number of carbonyl (C=O) groups excluding carboxylic acids is 2. The van der Waals surface area contributed by atoms with E-state index in [2.05, 4.69) is 27.8 Å². The Bertz CT molecular complexity index is 328. The van der Waals surface area contributed by atoms with Gasteiger partial charge in [-0.3, -0.25) is 15.0 Å². The minimum atomic E-state index is -0.388. The quantitative estimate of drug-likeness (QED) is 0.615. The van der Waals surface area contributed by atoms with Gasteiger partial charge in [-0.25, -0.2) is 4.79 Å². The fourth-order valence-electron chi connectivity index (χ4n) is 2.75. The molecule has 0 unspecified atom stereocenters. The van der Waals surface area contributed by atoms with E-state index in [1.165, 1.54) is 0 Å². The monoisotopic (exact) mass is 298 g/mol. The third-order valence-corrected chi connectivity index (χ3v) is 4.19. The van der Waals surface area contributed by atoms with Crippen LogP contribution < -0.4 is 16.0 Å². The summed E-state index contributed by atoms with van der Waals surface area (Å²) in [4.78, 5) is 25.4. The van der Waals surface area contributed by atoms with Crippen LogP contribution in [0.4, 0.5) is 4.79 Å². The van der Waals surface area contributed by atoms with E-state index < -0.39 is 0 Å². The Morgan fingerprint density at radius 3 is 2.43 bits per heavy atom. The van der Waals surface area contributed by atoms with Gasteiger partial charge < -0.3 is 10.6 Å². The first-order valence-electron chi connectivity index (χ1n) is 8.02. The van der Waals surface area contributed by atoms with Gasteiger partial charge >= 0.3 is 6.03 Å². The molecule has 3 amide bonds. The Kier molecular flexibility index (Phi) is 8.30. The van der Waals surface area contributed by atoms with Crippen molar-refractivity contribution in [2.24, 2.45) is 0 Å². The third-order valence-electron chi connectivity index (χ3n) is 4.19. The minimum Gasteiger partial charge on any atom is -0.338 e. The molecule has 0 aromatic carbocycles. The smallest absolute Gasteiger partial charge is 0.321 e. The van der Waals surface area contributed by atoms with Gasteiger partial charge in [-0.05, 0) is 46.2 Å². The Morgan fingerprint density at radius 2 is 1.86 bits per heavy atom. The Balaban J connectivity index is 2.23. The largest absolute Gasteiger partial charge is 0.338 e. The van der Waals surface area contributed by atoms with Gasteiger partial charge in [0.25, 0.3) is 0 Å². The number of urea groups is 1. The molecule has 1 fully saturated rings. The van der Waals surface area contributed by atoms with Crippen molar-refractivity contribution in [1.29, 1.82) is 0 Å². The number of imide groups is 1. The molecule has 0 aromatic heterocycles. The molecule has 3 N–H and O–H groups in total. The molecule has 1 aliphatic carbocycles. The average molecular weight is 298 g/mol. The van der Waals surface area contributed by atoms with Gasteiger partial charge in [-0.15, -0.1) is 0 Å². The van der Waals surface area contributed by atoms with Crippen LogP contribution in [0.25, 0.3) is 0 Å². The number of rotatable bonds is 7. The second-order valence-corrected chi connectivity index (χ2v) is 5.87. The number of amides is 3. The zero-order valence-corrected chi connectivity index (χ0v) is 13.6. The highest BCUT2D eigenvalue weighted by Gasteiger charge is 2.24. The lowest BCUT2D eigenvalue weighted by Gasteiger charge is -2.34. The number of nitrogens with zero attached hydrogens (tertiary/aromatic N) is 1. The van der Waals surface area contributed by atoms with Crippen LogP contribution in [0.5, 0.6) is 0 Å². The number of likely N-dealkylation sites (N-methyl/N-ethyl adjacent to an activating group) is 1. The molecule has 0 spiro atoms. The summed E-state index contributed by atoms with van der Waals surface area (Å²) in [5.41, 5.74) is 0. The van der Waals surface area contributed by atoms with Gasteiger partial charge in [0.2, 0.25) is 5.91 Å². The van der Waals surface area contributed by atoms with Crippen molar-refractivity contribution in [1.82, 2.24) is 20.9 Å². The van der Waals surface area contributed by atoms with E-state index in [1.54, 1.807) is 0 Å². The van der Waals surface area contributed by atoms with E-state index in [9.17, 15) is 9.59 Å². The zero-order chi connectivity index (χ0) is 15.7. The summed E-state index contributed by atoms with van der Waals surface area (Å²) >= 11 is 0. The lowest BCUT2D eigenvalue weighted by molar-refractivity contribution is -0.121. The van der Waals surface area contributed by atoms with Crippen LogP contribution in [0.3, 0.4) is 0 Å². The van der Waals surface area contributed by atoms with Crippen molar-refractivity contribution in [3.05, 3.63) is 0 Å². The molecule has 122 valence electrons. The highest BCUT2D eigenvalue weighted by molar-refractivity contribution is 5.95. The summed E-state index contributed by atoms with van der Waals surface area (Å²) in [6, 6.07) is 0.650. The van der Waals surface area contributed by atoms with Crippen molar-refractivity contribution < 1.29 is 9.59 Å². The lowest BCUT2D eigenvalue weighted by Crippen LogP contribution is -2.47. The first-order valence-corrected chi connectivity index (χ1v) is 8.02. The van der Waals surface area contributed by atoms with Crippen molar-refractivity contribution >= 4 is 11.9 Å². The number of hydrogen-bond acceptors (Lipinski definition) is 4. The predicted molar refractivity (Wildman–Crippen MR) is 84.2 cm³/mol. The molecular formula is C15H30N4O2. The van der Waals surface area contributed by atoms with E-state index in [-0.39, 0.29) is 18.5 Å². The van der Waals surface area contributed by atoms with Crippen LogP contribution in [-0.2, 0) is 4.79 Å². The van der Waals surface area contributed by atoms with Gasteiger partial charge in [-0.1, -0.05) is 13.3 Å². The molecule has 0 atom stereocenters. The van der Waals surface area contributed by atoms with Crippen molar-refractivity contribution in [3.63, 3.8) is 0 Å². The third kappa shape index (κ3) is 6.91. The summed E-state index contributed by atoms with van der Waals surface area (Å²) in [7, 11) is 3.96. The maximum Gasteiger partial charge on any atom is 0.321 e. The van der Waals surface area contributed by atoms with Gasteiger partial charge in [0.1, 0.15) is 0 Å². The minimum absolute atomic E-state index is 0.234. The summed E-state index contributed by atoms with van der Waals surface area (Å²) in [5, 5.41) is 8.37. The molecule has 21 heavy (non-hydrogen) atoms. The molecule has 1 aliphatic rings. The van der Waals surface area contributed by atoms with Crippen LogP contribution in [0.2, 0.25) is 0 Å². The molecular weight excluding hydrogens is 268 g/mol. The maximum atomic E-state index is 11.8.